The van der Waals surface area contributed by atoms with Crippen molar-refractivity contribution in [3.63, 3.8) is 0 Å². The number of halogens is 1. The quantitative estimate of drug-likeness (QED) is 0.726. The number of nitrogens with zero attached hydrogens (tertiary/aromatic N) is 1. The summed E-state index contributed by atoms with van der Waals surface area (Å²) in [4.78, 5) is 2.20. The zero-order valence-corrected chi connectivity index (χ0v) is 11.0. The molecule has 0 saturated carbocycles. The zero-order chi connectivity index (χ0) is 12.5. The molecule has 0 unspecified atom stereocenters. The molecule has 0 bridgehead atoms. The Balaban J connectivity index is 2.12. The maximum Gasteiger partial charge on any atom is 0.119 e. The highest BCUT2D eigenvalue weighted by atomic mass is 35.5. The van der Waals surface area contributed by atoms with Crippen LogP contribution in [0.3, 0.4) is 0 Å². The average molecular weight is 258 g/mol. The molecule has 0 spiro atoms. The lowest BCUT2D eigenvalue weighted by Crippen LogP contribution is -2.25. The summed E-state index contributed by atoms with van der Waals surface area (Å²) in [7, 11) is 2.06. The molecule has 1 rings (SSSR count). The monoisotopic (exact) mass is 257 g/mol. The van der Waals surface area contributed by atoms with Crippen LogP contribution < -0.4 is 4.74 Å². The minimum absolute atomic E-state index is 0.273. The molecule has 0 aliphatic carbocycles. The summed E-state index contributed by atoms with van der Waals surface area (Å²) < 4.78 is 5.59. The van der Waals surface area contributed by atoms with Gasteiger partial charge in [-0.15, -0.1) is 0 Å². The predicted octanol–water partition coefficient (Wildman–Crippen LogP) is 2.42. The first-order chi connectivity index (χ1) is 8.22. The van der Waals surface area contributed by atoms with Gasteiger partial charge in [0.2, 0.25) is 0 Å². The molecule has 4 heteroatoms. The van der Waals surface area contributed by atoms with Gasteiger partial charge in [-0.2, -0.15) is 0 Å². The van der Waals surface area contributed by atoms with E-state index in [0.29, 0.717) is 6.61 Å². The SMILES string of the molecule is CN(CCCCO)CCOc1ccc(Cl)cc1. The molecular formula is C13H20ClNO2. The molecule has 0 amide bonds. The van der Waals surface area contributed by atoms with E-state index in [0.717, 1.165) is 36.7 Å². The van der Waals surface area contributed by atoms with Crippen molar-refractivity contribution in [1.29, 1.82) is 0 Å². The summed E-state index contributed by atoms with van der Waals surface area (Å²) in [6, 6.07) is 7.38. The van der Waals surface area contributed by atoms with Crippen LogP contribution in [0.1, 0.15) is 12.8 Å². The van der Waals surface area contributed by atoms with Crippen LogP contribution in [0.2, 0.25) is 5.02 Å². The molecule has 0 aliphatic rings. The Morgan fingerprint density at radius 2 is 1.88 bits per heavy atom. The average Bonchev–Trinajstić information content (AvgIpc) is 2.32. The second-order valence-electron chi connectivity index (χ2n) is 4.04. The second kappa shape index (κ2) is 8.34. The first kappa shape index (κ1) is 14.3. The highest BCUT2D eigenvalue weighted by Crippen LogP contribution is 2.15. The minimum Gasteiger partial charge on any atom is -0.492 e. The molecule has 1 aromatic carbocycles. The van der Waals surface area contributed by atoms with Crippen molar-refractivity contribution < 1.29 is 9.84 Å². The van der Waals surface area contributed by atoms with Crippen LogP contribution in [-0.2, 0) is 0 Å². The van der Waals surface area contributed by atoms with Crippen molar-refractivity contribution in [2.75, 3.05) is 33.4 Å². The maximum absolute atomic E-state index is 8.67. The zero-order valence-electron chi connectivity index (χ0n) is 10.2. The van der Waals surface area contributed by atoms with Crippen molar-refractivity contribution in [1.82, 2.24) is 4.90 Å². The van der Waals surface area contributed by atoms with Gasteiger partial charge in [0.05, 0.1) is 0 Å². The van der Waals surface area contributed by atoms with E-state index in [-0.39, 0.29) is 6.61 Å². The Labute approximate surface area is 108 Å². The van der Waals surface area contributed by atoms with Gasteiger partial charge in [0, 0.05) is 18.2 Å². The molecule has 96 valence electrons. The number of hydrogen-bond acceptors (Lipinski definition) is 3. The summed E-state index contributed by atoms with van der Waals surface area (Å²) in [5, 5.41) is 9.39. The van der Waals surface area contributed by atoms with Gasteiger partial charge in [0.15, 0.2) is 0 Å². The molecule has 0 radical (unpaired) electrons. The van der Waals surface area contributed by atoms with Crippen LogP contribution in [0.15, 0.2) is 24.3 Å². The van der Waals surface area contributed by atoms with Crippen LogP contribution in [-0.4, -0.2) is 43.4 Å². The van der Waals surface area contributed by atoms with Crippen molar-refractivity contribution in [3.05, 3.63) is 29.3 Å². The third kappa shape index (κ3) is 6.51. The van der Waals surface area contributed by atoms with Gasteiger partial charge in [-0.1, -0.05) is 11.6 Å². The van der Waals surface area contributed by atoms with Crippen LogP contribution in [0.25, 0.3) is 0 Å². The third-order valence-corrected chi connectivity index (χ3v) is 2.76. The van der Waals surface area contributed by atoms with Crippen molar-refractivity contribution in [2.45, 2.75) is 12.8 Å². The lowest BCUT2D eigenvalue weighted by molar-refractivity contribution is 0.225. The standard InChI is InChI=1S/C13H20ClNO2/c1-15(8-2-3-10-16)9-11-17-13-6-4-12(14)5-7-13/h4-7,16H,2-3,8-11H2,1H3. The van der Waals surface area contributed by atoms with Gasteiger partial charge in [0.1, 0.15) is 12.4 Å². The van der Waals surface area contributed by atoms with Crippen molar-refractivity contribution >= 4 is 11.6 Å². The molecule has 17 heavy (non-hydrogen) atoms. The third-order valence-electron chi connectivity index (χ3n) is 2.50. The van der Waals surface area contributed by atoms with Gasteiger partial charge in [-0.05, 0) is 50.7 Å². The van der Waals surface area contributed by atoms with E-state index < -0.39 is 0 Å². The van der Waals surface area contributed by atoms with E-state index in [4.69, 9.17) is 21.4 Å². The van der Waals surface area contributed by atoms with Crippen molar-refractivity contribution in [2.24, 2.45) is 0 Å². The summed E-state index contributed by atoms with van der Waals surface area (Å²) in [6.07, 6.45) is 1.89. The minimum atomic E-state index is 0.273. The molecule has 1 N–H and O–H groups in total. The van der Waals surface area contributed by atoms with E-state index in [9.17, 15) is 0 Å². The second-order valence-corrected chi connectivity index (χ2v) is 4.47. The Morgan fingerprint density at radius 3 is 2.53 bits per heavy atom. The number of unbranched alkanes of at least 4 members (excludes halogenated alkanes) is 1. The van der Waals surface area contributed by atoms with Crippen molar-refractivity contribution in [3.8, 4) is 5.75 Å². The number of hydrogen-bond donors (Lipinski definition) is 1. The molecule has 0 saturated heterocycles. The number of ether oxygens (including phenoxy) is 1. The van der Waals surface area contributed by atoms with Crippen LogP contribution in [0.5, 0.6) is 5.75 Å². The van der Waals surface area contributed by atoms with E-state index in [2.05, 4.69) is 11.9 Å². The molecule has 0 atom stereocenters. The van der Waals surface area contributed by atoms with Crippen LogP contribution in [0.4, 0.5) is 0 Å². The number of likely N-dealkylation sites (N-methyl/N-ethyl adjacent to an activating group) is 1. The van der Waals surface area contributed by atoms with E-state index >= 15 is 0 Å². The predicted molar refractivity (Wildman–Crippen MR) is 70.8 cm³/mol. The van der Waals surface area contributed by atoms with Gasteiger partial charge in [-0.3, -0.25) is 0 Å². The summed E-state index contributed by atoms with van der Waals surface area (Å²) in [6.45, 7) is 2.81. The highest BCUT2D eigenvalue weighted by Gasteiger charge is 1.99. The van der Waals surface area contributed by atoms with E-state index in [1.807, 2.05) is 24.3 Å². The van der Waals surface area contributed by atoms with E-state index in [1.165, 1.54) is 0 Å². The Morgan fingerprint density at radius 1 is 1.18 bits per heavy atom. The summed E-state index contributed by atoms with van der Waals surface area (Å²) in [5.41, 5.74) is 0. The number of aliphatic hydroxyl groups is 1. The fraction of sp³-hybridized carbons (Fsp3) is 0.538. The van der Waals surface area contributed by atoms with Gasteiger partial charge in [0.25, 0.3) is 0 Å². The molecule has 1 aromatic rings. The number of aliphatic hydroxyl groups excluding tert-OH is 1. The Hall–Kier alpha value is -0.770. The van der Waals surface area contributed by atoms with Gasteiger partial charge in [-0.25, -0.2) is 0 Å². The summed E-state index contributed by atoms with van der Waals surface area (Å²) in [5.74, 6) is 0.846. The Kier molecular flexibility index (Phi) is 7.01. The summed E-state index contributed by atoms with van der Waals surface area (Å²) >= 11 is 5.78. The lowest BCUT2D eigenvalue weighted by Gasteiger charge is -2.16. The molecule has 0 aliphatic heterocycles. The van der Waals surface area contributed by atoms with Crippen LogP contribution >= 0.6 is 11.6 Å². The molecular weight excluding hydrogens is 238 g/mol. The van der Waals surface area contributed by atoms with Crippen LogP contribution in [0, 0.1) is 0 Å². The first-order valence-electron chi connectivity index (χ1n) is 5.90. The Bertz CT molecular complexity index is 303. The lowest BCUT2D eigenvalue weighted by atomic mass is 10.3. The molecule has 3 nitrogen and oxygen atoms in total. The molecule has 0 heterocycles. The molecule has 0 fully saturated rings. The van der Waals surface area contributed by atoms with Gasteiger partial charge < -0.3 is 14.7 Å². The number of rotatable bonds is 8. The number of benzene rings is 1. The fourth-order valence-electron chi connectivity index (χ4n) is 1.46. The normalized spacial score (nSPS) is 10.8. The smallest absolute Gasteiger partial charge is 0.119 e. The van der Waals surface area contributed by atoms with E-state index in [1.54, 1.807) is 0 Å². The fourth-order valence-corrected chi connectivity index (χ4v) is 1.58. The van der Waals surface area contributed by atoms with Gasteiger partial charge >= 0.3 is 0 Å². The highest BCUT2D eigenvalue weighted by molar-refractivity contribution is 6.30. The first-order valence-corrected chi connectivity index (χ1v) is 6.28. The molecule has 0 aromatic heterocycles. The largest absolute Gasteiger partial charge is 0.492 e. The maximum atomic E-state index is 8.67. The topological polar surface area (TPSA) is 32.7 Å².